The van der Waals surface area contributed by atoms with Crippen molar-refractivity contribution in [3.63, 3.8) is 0 Å². The molecule has 0 unspecified atom stereocenters. The molecule has 0 saturated carbocycles. The van der Waals surface area contributed by atoms with E-state index in [0.717, 1.165) is 12.0 Å². The largest absolute Gasteiger partial charge is 0.444 e. The molecule has 2 N–H and O–H groups in total. The van der Waals surface area contributed by atoms with E-state index < -0.39 is 5.60 Å². The molecule has 19 heavy (non-hydrogen) atoms. The average Bonchev–Trinajstić information content (AvgIpc) is 2.70. The maximum atomic E-state index is 12.2. The first-order valence-electron chi connectivity index (χ1n) is 6.67. The first-order chi connectivity index (χ1) is 8.87. The summed E-state index contributed by atoms with van der Waals surface area (Å²) in [5.41, 5.74) is 6.64. The standard InChI is InChI=1S/C15H22N2O2/c1-15(2,3)19-14(18)17-10-12(16)9-13(17)11-7-5-4-6-8-11/h4-8,12-13H,9-10,16H2,1-3H3/t12-,13-/m1/s1. The Bertz CT molecular complexity index is 439. The smallest absolute Gasteiger partial charge is 0.410 e. The molecule has 2 rings (SSSR count). The number of nitrogens with zero attached hydrogens (tertiary/aromatic N) is 1. The van der Waals surface area contributed by atoms with Crippen molar-refractivity contribution in [3.05, 3.63) is 35.9 Å². The zero-order chi connectivity index (χ0) is 14.0. The number of hydrogen-bond acceptors (Lipinski definition) is 3. The number of carbonyl (C=O) groups is 1. The zero-order valence-corrected chi connectivity index (χ0v) is 11.8. The molecular formula is C15H22N2O2. The van der Waals surface area contributed by atoms with Crippen molar-refractivity contribution in [2.75, 3.05) is 6.54 Å². The van der Waals surface area contributed by atoms with E-state index in [-0.39, 0.29) is 18.2 Å². The molecule has 0 bridgehead atoms. The molecule has 1 aromatic rings. The van der Waals surface area contributed by atoms with Gasteiger partial charge in [-0.05, 0) is 32.8 Å². The summed E-state index contributed by atoms with van der Waals surface area (Å²) in [5, 5.41) is 0. The van der Waals surface area contributed by atoms with Crippen molar-refractivity contribution >= 4 is 6.09 Å². The van der Waals surface area contributed by atoms with Crippen LogP contribution in [0.4, 0.5) is 4.79 Å². The molecule has 2 atom stereocenters. The van der Waals surface area contributed by atoms with Crippen molar-refractivity contribution < 1.29 is 9.53 Å². The van der Waals surface area contributed by atoms with E-state index in [1.807, 2.05) is 51.1 Å². The fraction of sp³-hybridized carbons (Fsp3) is 0.533. The summed E-state index contributed by atoms with van der Waals surface area (Å²) in [6.07, 6.45) is 0.498. The summed E-state index contributed by atoms with van der Waals surface area (Å²) in [5.74, 6) is 0. The number of ether oxygens (including phenoxy) is 1. The Balaban J connectivity index is 2.16. The second-order valence-corrected chi connectivity index (χ2v) is 6.05. The maximum absolute atomic E-state index is 12.2. The summed E-state index contributed by atoms with van der Waals surface area (Å²) < 4.78 is 5.45. The third kappa shape index (κ3) is 3.47. The van der Waals surface area contributed by atoms with Gasteiger partial charge < -0.3 is 10.5 Å². The summed E-state index contributed by atoms with van der Waals surface area (Å²) in [4.78, 5) is 14.0. The van der Waals surface area contributed by atoms with Crippen LogP contribution in [0.5, 0.6) is 0 Å². The molecular weight excluding hydrogens is 240 g/mol. The predicted molar refractivity (Wildman–Crippen MR) is 74.7 cm³/mol. The lowest BCUT2D eigenvalue weighted by Gasteiger charge is -2.28. The van der Waals surface area contributed by atoms with Gasteiger partial charge in [-0.1, -0.05) is 30.3 Å². The topological polar surface area (TPSA) is 55.6 Å². The van der Waals surface area contributed by atoms with Crippen molar-refractivity contribution in [1.82, 2.24) is 4.90 Å². The Kier molecular flexibility index (Phi) is 3.80. The molecule has 1 aromatic carbocycles. The van der Waals surface area contributed by atoms with Gasteiger partial charge in [0, 0.05) is 12.6 Å². The Morgan fingerprint density at radius 1 is 1.32 bits per heavy atom. The lowest BCUT2D eigenvalue weighted by molar-refractivity contribution is 0.0223. The van der Waals surface area contributed by atoms with Crippen LogP contribution in [0.1, 0.15) is 38.8 Å². The van der Waals surface area contributed by atoms with Crippen LogP contribution in [0.2, 0.25) is 0 Å². The Labute approximate surface area is 114 Å². The molecule has 0 spiro atoms. The minimum absolute atomic E-state index is 0.0118. The lowest BCUT2D eigenvalue weighted by Crippen LogP contribution is -2.38. The number of carbonyl (C=O) groups excluding carboxylic acids is 1. The molecule has 1 heterocycles. The molecule has 1 fully saturated rings. The van der Waals surface area contributed by atoms with Crippen LogP contribution in [0.3, 0.4) is 0 Å². The number of hydrogen-bond donors (Lipinski definition) is 1. The fourth-order valence-corrected chi connectivity index (χ4v) is 2.38. The predicted octanol–water partition coefficient (Wildman–Crippen LogP) is 2.70. The molecule has 1 aliphatic rings. The maximum Gasteiger partial charge on any atom is 0.410 e. The zero-order valence-electron chi connectivity index (χ0n) is 11.8. The van der Waals surface area contributed by atoms with Crippen molar-refractivity contribution in [3.8, 4) is 0 Å². The van der Waals surface area contributed by atoms with Gasteiger partial charge in [0.2, 0.25) is 0 Å². The highest BCUT2D eigenvalue weighted by molar-refractivity contribution is 5.69. The molecule has 0 radical (unpaired) electrons. The van der Waals surface area contributed by atoms with Gasteiger partial charge in [-0.3, -0.25) is 4.90 Å². The third-order valence-corrected chi connectivity index (χ3v) is 3.15. The molecule has 1 saturated heterocycles. The van der Waals surface area contributed by atoms with E-state index in [1.54, 1.807) is 4.90 Å². The van der Waals surface area contributed by atoms with Crippen LogP contribution >= 0.6 is 0 Å². The molecule has 1 amide bonds. The highest BCUT2D eigenvalue weighted by atomic mass is 16.6. The molecule has 0 aliphatic carbocycles. The molecule has 4 heteroatoms. The Morgan fingerprint density at radius 2 is 1.95 bits per heavy atom. The van der Waals surface area contributed by atoms with Crippen LogP contribution < -0.4 is 5.73 Å². The number of benzene rings is 1. The van der Waals surface area contributed by atoms with Crippen LogP contribution in [0.15, 0.2) is 30.3 Å². The van der Waals surface area contributed by atoms with Gasteiger partial charge >= 0.3 is 6.09 Å². The number of rotatable bonds is 1. The van der Waals surface area contributed by atoms with Crippen LogP contribution in [-0.4, -0.2) is 29.2 Å². The van der Waals surface area contributed by atoms with Crippen LogP contribution in [-0.2, 0) is 4.74 Å². The first-order valence-corrected chi connectivity index (χ1v) is 6.67. The fourth-order valence-electron chi connectivity index (χ4n) is 2.38. The number of nitrogens with two attached hydrogens (primary N) is 1. The summed E-state index contributed by atoms with van der Waals surface area (Å²) in [6.45, 7) is 6.17. The van der Waals surface area contributed by atoms with Gasteiger partial charge in [-0.15, -0.1) is 0 Å². The SMILES string of the molecule is CC(C)(C)OC(=O)N1C[C@H](N)C[C@@H]1c1ccccc1. The molecule has 0 aromatic heterocycles. The highest BCUT2D eigenvalue weighted by Gasteiger charge is 2.36. The van der Waals surface area contributed by atoms with Crippen LogP contribution in [0.25, 0.3) is 0 Å². The second kappa shape index (κ2) is 5.21. The van der Waals surface area contributed by atoms with E-state index in [4.69, 9.17) is 10.5 Å². The number of amides is 1. The summed E-state index contributed by atoms with van der Waals surface area (Å²) in [7, 11) is 0. The number of likely N-dealkylation sites (tertiary alicyclic amines) is 1. The quantitative estimate of drug-likeness (QED) is 0.846. The summed E-state index contributed by atoms with van der Waals surface area (Å²) in [6, 6.07) is 10.0. The first kappa shape index (κ1) is 13.9. The Hall–Kier alpha value is -1.55. The van der Waals surface area contributed by atoms with Gasteiger partial charge in [-0.2, -0.15) is 0 Å². The van der Waals surface area contributed by atoms with E-state index >= 15 is 0 Å². The van der Waals surface area contributed by atoms with E-state index in [1.165, 1.54) is 0 Å². The van der Waals surface area contributed by atoms with E-state index in [9.17, 15) is 4.79 Å². The van der Waals surface area contributed by atoms with Crippen molar-refractivity contribution in [2.45, 2.75) is 44.9 Å². The minimum atomic E-state index is -0.481. The molecule has 1 aliphatic heterocycles. The van der Waals surface area contributed by atoms with Gasteiger partial charge in [0.05, 0.1) is 6.04 Å². The molecule has 104 valence electrons. The summed E-state index contributed by atoms with van der Waals surface area (Å²) >= 11 is 0. The van der Waals surface area contributed by atoms with Crippen LogP contribution in [0, 0.1) is 0 Å². The van der Waals surface area contributed by atoms with E-state index in [0.29, 0.717) is 6.54 Å². The van der Waals surface area contributed by atoms with E-state index in [2.05, 4.69) is 0 Å². The Morgan fingerprint density at radius 3 is 2.53 bits per heavy atom. The highest BCUT2D eigenvalue weighted by Crippen LogP contribution is 2.32. The van der Waals surface area contributed by atoms with Crippen molar-refractivity contribution in [1.29, 1.82) is 0 Å². The van der Waals surface area contributed by atoms with Gasteiger partial charge in [-0.25, -0.2) is 4.79 Å². The monoisotopic (exact) mass is 262 g/mol. The third-order valence-electron chi connectivity index (χ3n) is 3.15. The van der Waals surface area contributed by atoms with Crippen molar-refractivity contribution in [2.24, 2.45) is 5.73 Å². The van der Waals surface area contributed by atoms with Gasteiger partial charge in [0.15, 0.2) is 0 Å². The minimum Gasteiger partial charge on any atom is -0.444 e. The normalized spacial score (nSPS) is 23.5. The second-order valence-electron chi connectivity index (χ2n) is 6.05. The van der Waals surface area contributed by atoms with Gasteiger partial charge in [0.1, 0.15) is 5.60 Å². The molecule has 4 nitrogen and oxygen atoms in total. The van der Waals surface area contributed by atoms with Gasteiger partial charge in [0.25, 0.3) is 0 Å². The lowest BCUT2D eigenvalue weighted by atomic mass is 10.0. The average molecular weight is 262 g/mol.